The Bertz CT molecular complexity index is 441. The summed E-state index contributed by atoms with van der Waals surface area (Å²) in [4.78, 5) is 22.0. The van der Waals surface area contributed by atoms with E-state index < -0.39 is 5.97 Å². The van der Waals surface area contributed by atoms with Crippen LogP contribution in [-0.4, -0.2) is 17.0 Å². The number of benzene rings is 1. The number of nitrogens with one attached hydrogen (secondary N) is 1. The van der Waals surface area contributed by atoms with Crippen molar-refractivity contribution in [2.75, 3.05) is 5.32 Å². The summed E-state index contributed by atoms with van der Waals surface area (Å²) in [6, 6.07) is 5.78. The summed E-state index contributed by atoms with van der Waals surface area (Å²) in [5.41, 5.74) is 3.04. The van der Waals surface area contributed by atoms with Crippen LogP contribution in [0.3, 0.4) is 0 Å². The summed E-state index contributed by atoms with van der Waals surface area (Å²) in [6.45, 7) is 3.97. The lowest BCUT2D eigenvalue weighted by atomic mass is 10.1. The van der Waals surface area contributed by atoms with Crippen LogP contribution < -0.4 is 5.32 Å². The van der Waals surface area contributed by atoms with Crippen molar-refractivity contribution < 1.29 is 14.7 Å². The van der Waals surface area contributed by atoms with Gasteiger partial charge < -0.3 is 10.4 Å². The summed E-state index contributed by atoms with van der Waals surface area (Å²) >= 11 is 0. The molecule has 0 fully saturated rings. The lowest BCUT2D eigenvalue weighted by Crippen LogP contribution is -2.12. The molecule has 1 rings (SSSR count). The predicted molar refractivity (Wildman–Crippen MR) is 70.6 cm³/mol. The van der Waals surface area contributed by atoms with Crippen molar-refractivity contribution in [1.82, 2.24) is 0 Å². The molecule has 0 aliphatic carbocycles. The Hall–Kier alpha value is -1.84. The third-order valence-electron chi connectivity index (χ3n) is 2.92. The fraction of sp³-hybridized carbons (Fsp3) is 0.429. The van der Waals surface area contributed by atoms with Crippen LogP contribution in [-0.2, 0) is 9.59 Å². The molecule has 0 spiro atoms. The first-order chi connectivity index (χ1) is 8.50. The molecular formula is C14H19NO3. The lowest BCUT2D eigenvalue weighted by Gasteiger charge is -2.10. The van der Waals surface area contributed by atoms with E-state index in [9.17, 15) is 9.59 Å². The second-order valence-corrected chi connectivity index (χ2v) is 4.40. The number of hydrogen-bond acceptors (Lipinski definition) is 2. The summed E-state index contributed by atoms with van der Waals surface area (Å²) < 4.78 is 0. The van der Waals surface area contributed by atoms with E-state index >= 15 is 0 Å². The maximum atomic E-state index is 11.7. The normalized spacial score (nSPS) is 10.1. The number of aliphatic carboxylic acids is 1. The molecule has 4 nitrogen and oxygen atoms in total. The molecule has 0 aromatic heterocycles. The van der Waals surface area contributed by atoms with E-state index in [-0.39, 0.29) is 12.3 Å². The van der Waals surface area contributed by atoms with Gasteiger partial charge in [0.15, 0.2) is 0 Å². The molecule has 4 heteroatoms. The molecule has 0 heterocycles. The van der Waals surface area contributed by atoms with Crippen molar-refractivity contribution >= 4 is 17.6 Å². The second kappa shape index (κ2) is 6.79. The van der Waals surface area contributed by atoms with Crippen molar-refractivity contribution in [3.05, 3.63) is 29.3 Å². The molecule has 0 saturated heterocycles. The van der Waals surface area contributed by atoms with Crippen molar-refractivity contribution in [3.8, 4) is 0 Å². The SMILES string of the molecule is Cc1cccc(NC(=O)CCCCC(=O)O)c1C. The Balaban J connectivity index is 2.40. The van der Waals surface area contributed by atoms with Gasteiger partial charge in [-0.05, 0) is 43.9 Å². The van der Waals surface area contributed by atoms with Gasteiger partial charge >= 0.3 is 5.97 Å². The standard InChI is InChI=1S/C14H19NO3/c1-10-6-5-7-12(11(10)2)15-13(16)8-3-4-9-14(17)18/h5-7H,3-4,8-9H2,1-2H3,(H,15,16)(H,17,18). The number of unbranched alkanes of at least 4 members (excludes halogenated alkanes) is 1. The average Bonchev–Trinajstić information content (AvgIpc) is 2.30. The van der Waals surface area contributed by atoms with Gasteiger partial charge in [-0.25, -0.2) is 0 Å². The van der Waals surface area contributed by atoms with Crippen LogP contribution in [0, 0.1) is 13.8 Å². The molecular weight excluding hydrogens is 230 g/mol. The van der Waals surface area contributed by atoms with E-state index in [2.05, 4.69) is 5.32 Å². The molecule has 0 atom stereocenters. The van der Waals surface area contributed by atoms with Gasteiger partial charge in [0, 0.05) is 18.5 Å². The predicted octanol–water partition coefficient (Wildman–Crippen LogP) is 2.89. The highest BCUT2D eigenvalue weighted by Gasteiger charge is 2.06. The van der Waals surface area contributed by atoms with Gasteiger partial charge in [-0.2, -0.15) is 0 Å². The van der Waals surface area contributed by atoms with Crippen LogP contribution in [0.4, 0.5) is 5.69 Å². The summed E-state index contributed by atoms with van der Waals surface area (Å²) in [5, 5.41) is 11.3. The van der Waals surface area contributed by atoms with Crippen LogP contribution in [0.15, 0.2) is 18.2 Å². The van der Waals surface area contributed by atoms with E-state index in [4.69, 9.17) is 5.11 Å². The Kier molecular flexibility index (Phi) is 5.36. The first-order valence-electron chi connectivity index (χ1n) is 6.08. The van der Waals surface area contributed by atoms with E-state index in [1.54, 1.807) is 0 Å². The van der Waals surface area contributed by atoms with Crippen LogP contribution >= 0.6 is 0 Å². The minimum absolute atomic E-state index is 0.0610. The molecule has 0 saturated carbocycles. The fourth-order valence-electron chi connectivity index (χ4n) is 1.66. The van der Waals surface area contributed by atoms with E-state index in [0.717, 1.165) is 16.8 Å². The van der Waals surface area contributed by atoms with E-state index in [0.29, 0.717) is 19.3 Å². The van der Waals surface area contributed by atoms with Crippen molar-refractivity contribution in [3.63, 3.8) is 0 Å². The van der Waals surface area contributed by atoms with Gasteiger partial charge in [0.1, 0.15) is 0 Å². The zero-order valence-electron chi connectivity index (χ0n) is 10.8. The van der Waals surface area contributed by atoms with Gasteiger partial charge in [0.2, 0.25) is 5.91 Å². The zero-order chi connectivity index (χ0) is 13.5. The van der Waals surface area contributed by atoms with Gasteiger partial charge in [-0.15, -0.1) is 0 Å². The van der Waals surface area contributed by atoms with Gasteiger partial charge in [0.05, 0.1) is 0 Å². The molecule has 0 unspecified atom stereocenters. The molecule has 18 heavy (non-hydrogen) atoms. The van der Waals surface area contributed by atoms with E-state index in [1.165, 1.54) is 0 Å². The van der Waals surface area contributed by atoms with Crippen LogP contribution in [0.5, 0.6) is 0 Å². The topological polar surface area (TPSA) is 66.4 Å². The first kappa shape index (κ1) is 14.2. The van der Waals surface area contributed by atoms with Crippen molar-refractivity contribution in [2.45, 2.75) is 39.5 Å². The maximum Gasteiger partial charge on any atom is 0.303 e. The average molecular weight is 249 g/mol. The van der Waals surface area contributed by atoms with Crippen molar-refractivity contribution in [2.24, 2.45) is 0 Å². The highest BCUT2D eigenvalue weighted by atomic mass is 16.4. The van der Waals surface area contributed by atoms with Crippen molar-refractivity contribution in [1.29, 1.82) is 0 Å². The fourth-order valence-corrected chi connectivity index (χ4v) is 1.66. The number of carbonyl (C=O) groups is 2. The minimum Gasteiger partial charge on any atom is -0.481 e. The molecule has 1 aromatic rings. The Morgan fingerprint density at radius 3 is 2.50 bits per heavy atom. The first-order valence-corrected chi connectivity index (χ1v) is 6.08. The lowest BCUT2D eigenvalue weighted by molar-refractivity contribution is -0.137. The second-order valence-electron chi connectivity index (χ2n) is 4.40. The Morgan fingerprint density at radius 2 is 1.83 bits per heavy atom. The van der Waals surface area contributed by atoms with Crippen LogP contribution in [0.25, 0.3) is 0 Å². The molecule has 2 N–H and O–H groups in total. The number of carboxylic acids is 1. The Morgan fingerprint density at radius 1 is 1.17 bits per heavy atom. The molecule has 0 radical (unpaired) electrons. The number of hydrogen-bond donors (Lipinski definition) is 2. The van der Waals surface area contributed by atoms with Gasteiger partial charge in [-0.1, -0.05) is 12.1 Å². The molecule has 0 aliphatic rings. The third kappa shape index (κ3) is 4.57. The summed E-state index contributed by atoms with van der Waals surface area (Å²) in [5.74, 6) is -0.876. The smallest absolute Gasteiger partial charge is 0.303 e. The third-order valence-corrected chi connectivity index (χ3v) is 2.92. The molecule has 98 valence electrons. The number of carbonyl (C=O) groups excluding carboxylic acids is 1. The Labute approximate surface area is 107 Å². The quantitative estimate of drug-likeness (QED) is 0.762. The largest absolute Gasteiger partial charge is 0.481 e. The van der Waals surface area contributed by atoms with Crippen LogP contribution in [0.1, 0.15) is 36.8 Å². The molecule has 1 aromatic carbocycles. The molecule has 0 bridgehead atoms. The van der Waals surface area contributed by atoms with E-state index in [1.807, 2.05) is 32.0 Å². The van der Waals surface area contributed by atoms with Gasteiger partial charge in [-0.3, -0.25) is 9.59 Å². The monoisotopic (exact) mass is 249 g/mol. The number of rotatable bonds is 6. The maximum absolute atomic E-state index is 11.7. The zero-order valence-corrected chi connectivity index (χ0v) is 10.8. The summed E-state index contributed by atoms with van der Waals surface area (Å²) in [7, 11) is 0. The molecule has 0 aliphatic heterocycles. The number of carboxylic acid groups (broad SMARTS) is 1. The molecule has 1 amide bonds. The number of amides is 1. The summed E-state index contributed by atoms with van der Waals surface area (Å²) in [6.07, 6.45) is 1.62. The van der Waals surface area contributed by atoms with Gasteiger partial charge in [0.25, 0.3) is 0 Å². The number of aryl methyl sites for hydroxylation is 1. The highest BCUT2D eigenvalue weighted by molar-refractivity contribution is 5.91. The number of anilines is 1. The highest BCUT2D eigenvalue weighted by Crippen LogP contribution is 2.18. The van der Waals surface area contributed by atoms with Crippen LogP contribution in [0.2, 0.25) is 0 Å². The minimum atomic E-state index is -0.815.